The highest BCUT2D eigenvalue weighted by molar-refractivity contribution is 6.42. The number of halogens is 3. The zero-order valence-corrected chi connectivity index (χ0v) is 16.2. The van der Waals surface area contributed by atoms with Gasteiger partial charge in [0.25, 0.3) is 0 Å². The van der Waals surface area contributed by atoms with Crippen LogP contribution in [0.2, 0.25) is 10.0 Å². The SMILES string of the molecule is Cc1cnc(CCc2cccc(Cl)c2Cl)cc1N1CCCCC1.Cl. The molecule has 0 N–H and O–H groups in total. The summed E-state index contributed by atoms with van der Waals surface area (Å²) < 4.78 is 0. The van der Waals surface area contributed by atoms with Crippen LogP contribution in [0.25, 0.3) is 0 Å². The number of pyridine rings is 1. The summed E-state index contributed by atoms with van der Waals surface area (Å²) in [6.45, 7) is 4.46. The van der Waals surface area contributed by atoms with Crippen molar-refractivity contribution in [2.45, 2.75) is 39.0 Å². The monoisotopic (exact) mass is 384 g/mol. The van der Waals surface area contributed by atoms with Gasteiger partial charge in [-0.1, -0.05) is 35.3 Å². The van der Waals surface area contributed by atoms with Crippen LogP contribution in [0.5, 0.6) is 0 Å². The molecule has 1 aromatic carbocycles. The van der Waals surface area contributed by atoms with E-state index in [1.807, 2.05) is 24.4 Å². The van der Waals surface area contributed by atoms with Crippen molar-refractivity contribution in [2.24, 2.45) is 0 Å². The molecule has 1 saturated heterocycles. The average Bonchev–Trinajstić information content (AvgIpc) is 2.58. The van der Waals surface area contributed by atoms with Crippen molar-refractivity contribution >= 4 is 41.3 Å². The van der Waals surface area contributed by atoms with Crippen molar-refractivity contribution in [1.29, 1.82) is 0 Å². The van der Waals surface area contributed by atoms with Crippen LogP contribution in [0.15, 0.2) is 30.5 Å². The van der Waals surface area contributed by atoms with Gasteiger partial charge >= 0.3 is 0 Å². The summed E-state index contributed by atoms with van der Waals surface area (Å²) in [6, 6.07) is 8.06. The van der Waals surface area contributed by atoms with Gasteiger partial charge < -0.3 is 4.90 Å². The zero-order chi connectivity index (χ0) is 16.2. The minimum atomic E-state index is 0. The molecule has 1 aliphatic heterocycles. The maximum absolute atomic E-state index is 6.28. The molecule has 3 rings (SSSR count). The molecule has 2 heterocycles. The van der Waals surface area contributed by atoms with E-state index in [2.05, 4.69) is 22.9 Å². The fraction of sp³-hybridized carbons (Fsp3) is 0.421. The van der Waals surface area contributed by atoms with Crippen LogP contribution in [0, 0.1) is 6.92 Å². The molecule has 0 aliphatic carbocycles. The van der Waals surface area contributed by atoms with Gasteiger partial charge in [0.1, 0.15) is 0 Å². The Kier molecular flexibility index (Phi) is 7.21. The van der Waals surface area contributed by atoms with Crippen molar-refractivity contribution in [1.82, 2.24) is 4.98 Å². The Morgan fingerprint density at radius 2 is 1.83 bits per heavy atom. The molecule has 1 aromatic heterocycles. The minimum absolute atomic E-state index is 0. The van der Waals surface area contributed by atoms with Gasteiger partial charge in [-0.05, 0) is 62.3 Å². The number of nitrogens with zero attached hydrogens (tertiary/aromatic N) is 2. The fourth-order valence-corrected chi connectivity index (χ4v) is 3.59. The van der Waals surface area contributed by atoms with Crippen LogP contribution in [0.1, 0.15) is 36.1 Å². The second kappa shape index (κ2) is 8.94. The molecule has 2 nitrogen and oxygen atoms in total. The summed E-state index contributed by atoms with van der Waals surface area (Å²) in [5.74, 6) is 0. The fourth-order valence-electron chi connectivity index (χ4n) is 3.17. The molecule has 0 unspecified atom stereocenters. The van der Waals surface area contributed by atoms with Gasteiger partial charge in [0.2, 0.25) is 0 Å². The van der Waals surface area contributed by atoms with Crippen molar-refractivity contribution in [3.8, 4) is 0 Å². The molecule has 130 valence electrons. The van der Waals surface area contributed by atoms with E-state index in [1.54, 1.807) is 0 Å². The third kappa shape index (κ3) is 4.56. The lowest BCUT2D eigenvalue weighted by Crippen LogP contribution is -2.30. The number of hydrogen-bond donors (Lipinski definition) is 0. The molecule has 0 spiro atoms. The molecular formula is C19H23Cl3N2. The highest BCUT2D eigenvalue weighted by Crippen LogP contribution is 2.28. The molecule has 0 bridgehead atoms. The number of rotatable bonds is 4. The summed E-state index contributed by atoms with van der Waals surface area (Å²) in [7, 11) is 0. The van der Waals surface area contributed by atoms with Gasteiger partial charge in [-0.2, -0.15) is 0 Å². The van der Waals surface area contributed by atoms with E-state index in [9.17, 15) is 0 Å². The molecule has 2 aromatic rings. The number of anilines is 1. The zero-order valence-electron chi connectivity index (χ0n) is 13.9. The highest BCUT2D eigenvalue weighted by Gasteiger charge is 2.14. The van der Waals surface area contributed by atoms with Gasteiger partial charge in [-0.3, -0.25) is 4.98 Å². The summed E-state index contributed by atoms with van der Waals surface area (Å²) in [5, 5.41) is 1.28. The second-order valence-electron chi connectivity index (χ2n) is 6.22. The average molecular weight is 386 g/mol. The van der Waals surface area contributed by atoms with E-state index in [0.717, 1.165) is 37.2 Å². The predicted molar refractivity (Wildman–Crippen MR) is 106 cm³/mol. The molecule has 24 heavy (non-hydrogen) atoms. The molecule has 0 atom stereocenters. The number of piperidine rings is 1. The summed E-state index contributed by atoms with van der Waals surface area (Å²) in [4.78, 5) is 7.09. The van der Waals surface area contributed by atoms with Crippen molar-refractivity contribution in [3.05, 3.63) is 57.3 Å². The lowest BCUT2D eigenvalue weighted by molar-refractivity contribution is 0.576. The first-order valence-electron chi connectivity index (χ1n) is 8.28. The van der Waals surface area contributed by atoms with E-state index >= 15 is 0 Å². The standard InChI is InChI=1S/C19H22Cl2N2.ClH/c1-14-13-22-16(12-18(14)23-10-3-2-4-11-23)9-8-15-6-5-7-17(20)19(15)21;/h5-7,12-13H,2-4,8-11H2,1H3;1H. The van der Waals surface area contributed by atoms with E-state index in [-0.39, 0.29) is 12.4 Å². The van der Waals surface area contributed by atoms with Gasteiger partial charge in [0.05, 0.1) is 10.0 Å². The second-order valence-corrected chi connectivity index (χ2v) is 7.01. The predicted octanol–water partition coefficient (Wildman–Crippen LogP) is 5.89. The maximum Gasteiger partial charge on any atom is 0.0624 e. The van der Waals surface area contributed by atoms with Gasteiger partial charge in [-0.25, -0.2) is 0 Å². The van der Waals surface area contributed by atoms with Crippen LogP contribution >= 0.6 is 35.6 Å². The van der Waals surface area contributed by atoms with E-state index in [1.165, 1.54) is 30.5 Å². The topological polar surface area (TPSA) is 16.1 Å². The normalized spacial score (nSPS) is 14.4. The Morgan fingerprint density at radius 1 is 1.08 bits per heavy atom. The van der Waals surface area contributed by atoms with E-state index < -0.39 is 0 Å². The molecular weight excluding hydrogens is 363 g/mol. The van der Waals surface area contributed by atoms with Crippen molar-refractivity contribution < 1.29 is 0 Å². The summed E-state index contributed by atoms with van der Waals surface area (Å²) >= 11 is 12.4. The van der Waals surface area contributed by atoms with Crippen LogP contribution in [-0.4, -0.2) is 18.1 Å². The Balaban J connectivity index is 0.00000208. The number of aryl methyl sites for hydroxylation is 3. The van der Waals surface area contributed by atoms with Crippen LogP contribution in [0.3, 0.4) is 0 Å². The van der Waals surface area contributed by atoms with Gasteiger partial charge in [0, 0.05) is 30.7 Å². The van der Waals surface area contributed by atoms with Gasteiger partial charge in [0.15, 0.2) is 0 Å². The maximum atomic E-state index is 6.28. The van der Waals surface area contributed by atoms with Crippen LogP contribution in [-0.2, 0) is 12.8 Å². The molecule has 0 amide bonds. The molecule has 1 aliphatic rings. The van der Waals surface area contributed by atoms with Crippen LogP contribution < -0.4 is 4.90 Å². The smallest absolute Gasteiger partial charge is 0.0624 e. The van der Waals surface area contributed by atoms with E-state index in [4.69, 9.17) is 23.2 Å². The lowest BCUT2D eigenvalue weighted by atomic mass is 10.1. The molecule has 1 fully saturated rings. The Bertz CT molecular complexity index is 682. The Morgan fingerprint density at radius 3 is 2.58 bits per heavy atom. The first-order valence-corrected chi connectivity index (χ1v) is 9.04. The van der Waals surface area contributed by atoms with Crippen LogP contribution in [0.4, 0.5) is 5.69 Å². The number of benzene rings is 1. The molecule has 0 saturated carbocycles. The van der Waals surface area contributed by atoms with Crippen molar-refractivity contribution in [3.63, 3.8) is 0 Å². The van der Waals surface area contributed by atoms with Crippen molar-refractivity contribution in [2.75, 3.05) is 18.0 Å². The number of hydrogen-bond acceptors (Lipinski definition) is 2. The molecule has 0 radical (unpaired) electrons. The Hall–Kier alpha value is -0.960. The molecule has 5 heteroatoms. The van der Waals surface area contributed by atoms with E-state index in [0.29, 0.717) is 10.0 Å². The number of aromatic nitrogens is 1. The summed E-state index contributed by atoms with van der Waals surface area (Å²) in [5.41, 5.74) is 4.80. The lowest BCUT2D eigenvalue weighted by Gasteiger charge is -2.30. The minimum Gasteiger partial charge on any atom is -0.371 e. The first-order chi connectivity index (χ1) is 11.1. The Labute approximate surface area is 160 Å². The first kappa shape index (κ1) is 19.4. The largest absolute Gasteiger partial charge is 0.371 e. The summed E-state index contributed by atoms with van der Waals surface area (Å²) in [6.07, 6.45) is 7.65. The third-order valence-corrected chi connectivity index (χ3v) is 5.37. The quantitative estimate of drug-likeness (QED) is 0.652. The third-order valence-electron chi connectivity index (χ3n) is 4.51. The van der Waals surface area contributed by atoms with Gasteiger partial charge in [-0.15, -0.1) is 12.4 Å². The highest BCUT2D eigenvalue weighted by atomic mass is 35.5.